The Balaban J connectivity index is 2.11. The molecule has 5 heteroatoms. The van der Waals surface area contributed by atoms with E-state index in [9.17, 15) is 5.11 Å². The van der Waals surface area contributed by atoms with Gasteiger partial charge in [-0.05, 0) is 80.2 Å². The van der Waals surface area contributed by atoms with Crippen LogP contribution in [0, 0.1) is 0 Å². The van der Waals surface area contributed by atoms with Crippen LogP contribution in [0.25, 0.3) is 0 Å². The Morgan fingerprint density at radius 3 is 2.15 bits per heavy atom. The summed E-state index contributed by atoms with van der Waals surface area (Å²) in [5.74, 6) is 1.01. The van der Waals surface area contributed by atoms with Gasteiger partial charge >= 0.3 is 0 Å². The second-order valence-corrected chi connectivity index (χ2v) is 6.09. The fourth-order valence-corrected chi connectivity index (χ4v) is 3.32. The van der Waals surface area contributed by atoms with Crippen LogP contribution >= 0.6 is 31.9 Å². The van der Waals surface area contributed by atoms with Gasteiger partial charge in [-0.25, -0.2) is 0 Å². The van der Waals surface area contributed by atoms with E-state index in [1.807, 2.05) is 24.3 Å². The van der Waals surface area contributed by atoms with Gasteiger partial charge in [0.25, 0.3) is 0 Å². The van der Waals surface area contributed by atoms with Gasteiger partial charge in [0.2, 0.25) is 0 Å². The number of phenols is 1. The van der Waals surface area contributed by atoms with E-state index in [4.69, 9.17) is 10.5 Å². The van der Waals surface area contributed by atoms with Crippen molar-refractivity contribution in [1.82, 2.24) is 0 Å². The summed E-state index contributed by atoms with van der Waals surface area (Å²) in [4.78, 5) is 0. The molecule has 0 aliphatic carbocycles. The molecule has 0 unspecified atom stereocenters. The molecule has 3 N–H and O–H groups in total. The SMILES string of the molecule is NCCc1cc(Br)c(OCc2ccc(O)cc2)c(Br)c1. The lowest BCUT2D eigenvalue weighted by Crippen LogP contribution is -2.03. The fourth-order valence-electron chi connectivity index (χ4n) is 1.81. The van der Waals surface area contributed by atoms with Gasteiger partial charge in [-0.1, -0.05) is 12.1 Å². The standard InChI is InChI=1S/C15H15Br2NO2/c16-13-7-11(5-6-18)8-14(17)15(13)20-9-10-1-3-12(19)4-2-10/h1-4,7-8,19H,5-6,9,18H2. The number of ether oxygens (including phenoxy) is 1. The fraction of sp³-hybridized carbons (Fsp3) is 0.200. The van der Waals surface area contributed by atoms with Crippen LogP contribution in [0.2, 0.25) is 0 Å². The minimum Gasteiger partial charge on any atom is -0.508 e. The van der Waals surface area contributed by atoms with Crippen molar-refractivity contribution in [3.8, 4) is 11.5 Å². The quantitative estimate of drug-likeness (QED) is 0.797. The largest absolute Gasteiger partial charge is 0.508 e. The number of benzene rings is 2. The average molecular weight is 401 g/mol. The topological polar surface area (TPSA) is 55.5 Å². The van der Waals surface area contributed by atoms with Crippen LogP contribution in [-0.2, 0) is 13.0 Å². The first-order valence-corrected chi connectivity index (χ1v) is 7.77. The van der Waals surface area contributed by atoms with Crippen molar-refractivity contribution >= 4 is 31.9 Å². The molecule has 0 spiro atoms. The van der Waals surface area contributed by atoms with E-state index in [1.54, 1.807) is 12.1 Å². The Labute approximate surface area is 135 Å². The summed E-state index contributed by atoms with van der Waals surface area (Å²) in [5, 5.41) is 9.25. The van der Waals surface area contributed by atoms with Crippen molar-refractivity contribution < 1.29 is 9.84 Å². The van der Waals surface area contributed by atoms with E-state index in [0.29, 0.717) is 13.2 Å². The van der Waals surface area contributed by atoms with E-state index in [-0.39, 0.29) is 5.75 Å². The van der Waals surface area contributed by atoms with Crippen molar-refractivity contribution in [3.05, 3.63) is 56.5 Å². The molecule has 0 heterocycles. The van der Waals surface area contributed by atoms with Gasteiger partial charge in [0.1, 0.15) is 18.1 Å². The summed E-state index contributed by atoms with van der Waals surface area (Å²) in [5.41, 5.74) is 7.71. The Morgan fingerprint density at radius 2 is 1.60 bits per heavy atom. The Kier molecular flexibility index (Phi) is 5.46. The second-order valence-electron chi connectivity index (χ2n) is 4.38. The molecule has 2 aromatic rings. The molecule has 2 rings (SSSR count). The number of hydrogen-bond acceptors (Lipinski definition) is 3. The van der Waals surface area contributed by atoms with Crippen LogP contribution in [0.4, 0.5) is 0 Å². The number of rotatable bonds is 5. The monoisotopic (exact) mass is 399 g/mol. The third-order valence-corrected chi connectivity index (χ3v) is 3.99. The predicted octanol–water partition coefficient (Wildman–Crippen LogP) is 4.00. The van der Waals surface area contributed by atoms with Gasteiger partial charge in [-0.15, -0.1) is 0 Å². The van der Waals surface area contributed by atoms with Gasteiger partial charge < -0.3 is 15.6 Å². The molecule has 0 radical (unpaired) electrons. The third kappa shape index (κ3) is 3.98. The first-order chi connectivity index (χ1) is 9.60. The summed E-state index contributed by atoms with van der Waals surface area (Å²) in [6.07, 6.45) is 0.829. The lowest BCUT2D eigenvalue weighted by Gasteiger charge is -2.12. The molecular formula is C15H15Br2NO2. The van der Waals surface area contributed by atoms with Crippen molar-refractivity contribution in [1.29, 1.82) is 0 Å². The van der Waals surface area contributed by atoms with E-state index in [0.717, 1.165) is 32.2 Å². The maximum Gasteiger partial charge on any atom is 0.148 e. The molecule has 0 aliphatic heterocycles. The number of phenolic OH excluding ortho intramolecular Hbond substituents is 1. The Bertz CT molecular complexity index is 562. The highest BCUT2D eigenvalue weighted by atomic mass is 79.9. The molecule has 3 nitrogen and oxygen atoms in total. The number of halogens is 2. The van der Waals surface area contributed by atoms with Crippen molar-refractivity contribution in [2.75, 3.05) is 6.54 Å². The number of nitrogens with two attached hydrogens (primary N) is 1. The zero-order valence-corrected chi connectivity index (χ0v) is 13.9. The molecule has 0 saturated heterocycles. The van der Waals surface area contributed by atoms with E-state index in [2.05, 4.69) is 31.9 Å². The van der Waals surface area contributed by atoms with Gasteiger partial charge in [-0.2, -0.15) is 0 Å². The predicted molar refractivity (Wildman–Crippen MR) is 87.0 cm³/mol. The molecule has 106 valence electrons. The van der Waals surface area contributed by atoms with Crippen LogP contribution in [0.5, 0.6) is 11.5 Å². The molecule has 0 aromatic heterocycles. The summed E-state index contributed by atoms with van der Waals surface area (Å²) in [6.45, 7) is 1.06. The Hall–Kier alpha value is -1.04. The van der Waals surface area contributed by atoms with Crippen LogP contribution in [0.3, 0.4) is 0 Å². The highest BCUT2D eigenvalue weighted by Crippen LogP contribution is 2.35. The third-order valence-electron chi connectivity index (χ3n) is 2.81. The van der Waals surface area contributed by atoms with Crippen LogP contribution < -0.4 is 10.5 Å². The summed E-state index contributed by atoms with van der Waals surface area (Å²) in [7, 11) is 0. The van der Waals surface area contributed by atoms with Gasteiger partial charge in [-0.3, -0.25) is 0 Å². The smallest absolute Gasteiger partial charge is 0.148 e. The normalized spacial score (nSPS) is 10.6. The first-order valence-electron chi connectivity index (χ1n) is 6.19. The molecule has 0 amide bonds. The number of aromatic hydroxyl groups is 1. The molecule has 0 bridgehead atoms. The highest BCUT2D eigenvalue weighted by Gasteiger charge is 2.09. The summed E-state index contributed by atoms with van der Waals surface area (Å²) in [6, 6.07) is 11.0. The molecule has 0 fully saturated rings. The minimum atomic E-state index is 0.252. The lowest BCUT2D eigenvalue weighted by atomic mass is 10.1. The van der Waals surface area contributed by atoms with Gasteiger partial charge in [0.05, 0.1) is 8.95 Å². The van der Waals surface area contributed by atoms with Crippen molar-refractivity contribution in [3.63, 3.8) is 0 Å². The van der Waals surface area contributed by atoms with Gasteiger partial charge in [0.15, 0.2) is 0 Å². The average Bonchev–Trinajstić information content (AvgIpc) is 2.40. The lowest BCUT2D eigenvalue weighted by molar-refractivity contribution is 0.302. The molecular weight excluding hydrogens is 386 g/mol. The Morgan fingerprint density at radius 1 is 1.00 bits per heavy atom. The van der Waals surface area contributed by atoms with Crippen LogP contribution in [-0.4, -0.2) is 11.7 Å². The highest BCUT2D eigenvalue weighted by molar-refractivity contribution is 9.11. The first kappa shape index (κ1) is 15.4. The summed E-state index contributed by atoms with van der Waals surface area (Å²) >= 11 is 7.03. The van der Waals surface area contributed by atoms with E-state index >= 15 is 0 Å². The van der Waals surface area contributed by atoms with E-state index < -0.39 is 0 Å². The van der Waals surface area contributed by atoms with Crippen molar-refractivity contribution in [2.24, 2.45) is 5.73 Å². The second kappa shape index (κ2) is 7.11. The number of hydrogen-bond donors (Lipinski definition) is 2. The summed E-state index contributed by atoms with van der Waals surface area (Å²) < 4.78 is 7.61. The van der Waals surface area contributed by atoms with E-state index in [1.165, 1.54) is 0 Å². The van der Waals surface area contributed by atoms with Crippen LogP contribution in [0.15, 0.2) is 45.3 Å². The minimum absolute atomic E-state index is 0.252. The molecule has 0 saturated carbocycles. The van der Waals surface area contributed by atoms with Crippen LogP contribution in [0.1, 0.15) is 11.1 Å². The molecule has 2 aromatic carbocycles. The molecule has 0 atom stereocenters. The van der Waals surface area contributed by atoms with Crippen molar-refractivity contribution in [2.45, 2.75) is 13.0 Å². The molecule has 20 heavy (non-hydrogen) atoms. The maximum absolute atomic E-state index is 9.25. The molecule has 0 aliphatic rings. The maximum atomic E-state index is 9.25. The van der Waals surface area contributed by atoms with Gasteiger partial charge in [0, 0.05) is 0 Å². The zero-order chi connectivity index (χ0) is 14.5. The zero-order valence-electron chi connectivity index (χ0n) is 10.8.